The first-order chi connectivity index (χ1) is 16.9. The molecule has 0 aliphatic heterocycles. The van der Waals surface area contributed by atoms with Gasteiger partial charge >= 0.3 is 5.97 Å². The van der Waals surface area contributed by atoms with Gasteiger partial charge in [0.1, 0.15) is 6.04 Å². The minimum Gasteiger partial charge on any atom is -0.456 e. The summed E-state index contributed by atoms with van der Waals surface area (Å²) in [6, 6.07) is 21.1. The van der Waals surface area contributed by atoms with Crippen LogP contribution in [0.25, 0.3) is 10.9 Å². The van der Waals surface area contributed by atoms with E-state index in [0.29, 0.717) is 11.1 Å². The number of aryl methyl sites for hydroxylation is 2. The number of H-pyrrole nitrogens is 1. The maximum absolute atomic E-state index is 13.1. The SMILES string of the molecule is CCc1ccc(C(=O)N[C@H](Cc2c[nH]c3ccccc23)C(=O)OCC(=O)c2ccc(C)cc2)cc1. The Balaban J connectivity index is 1.51. The van der Waals surface area contributed by atoms with Crippen LogP contribution in [0.4, 0.5) is 0 Å². The summed E-state index contributed by atoms with van der Waals surface area (Å²) in [5.74, 6) is -1.33. The molecule has 0 unspecified atom stereocenters. The number of carbonyl (C=O) groups is 3. The molecule has 3 aromatic carbocycles. The highest BCUT2D eigenvalue weighted by molar-refractivity contribution is 5.99. The van der Waals surface area contributed by atoms with Crippen LogP contribution >= 0.6 is 0 Å². The first-order valence-corrected chi connectivity index (χ1v) is 11.7. The second kappa shape index (κ2) is 10.8. The molecule has 0 aliphatic carbocycles. The van der Waals surface area contributed by atoms with Crippen molar-refractivity contribution in [1.82, 2.24) is 10.3 Å². The highest BCUT2D eigenvalue weighted by Gasteiger charge is 2.25. The van der Waals surface area contributed by atoms with Crippen LogP contribution in [0, 0.1) is 6.92 Å². The van der Waals surface area contributed by atoms with E-state index < -0.39 is 18.6 Å². The van der Waals surface area contributed by atoms with Crippen molar-refractivity contribution in [3.63, 3.8) is 0 Å². The molecule has 6 nitrogen and oxygen atoms in total. The molecular weight excluding hydrogens is 440 g/mol. The summed E-state index contributed by atoms with van der Waals surface area (Å²) in [6.07, 6.45) is 2.91. The quantitative estimate of drug-likeness (QED) is 0.273. The van der Waals surface area contributed by atoms with Gasteiger partial charge in [-0.1, -0.05) is 67.1 Å². The van der Waals surface area contributed by atoms with E-state index in [1.54, 1.807) is 24.3 Å². The third-order valence-electron chi connectivity index (χ3n) is 6.03. The molecule has 178 valence electrons. The number of carbonyl (C=O) groups excluding carboxylic acids is 3. The van der Waals surface area contributed by atoms with Crippen LogP contribution < -0.4 is 5.32 Å². The number of fused-ring (bicyclic) bond motifs is 1. The number of aromatic nitrogens is 1. The summed E-state index contributed by atoms with van der Waals surface area (Å²) in [7, 11) is 0. The zero-order valence-corrected chi connectivity index (χ0v) is 19.8. The molecular formula is C29H28N2O4. The molecule has 4 aromatic rings. The molecule has 35 heavy (non-hydrogen) atoms. The molecule has 1 aromatic heterocycles. The molecule has 0 spiro atoms. The van der Waals surface area contributed by atoms with Crippen LogP contribution in [0.15, 0.2) is 79.0 Å². The number of amides is 1. The van der Waals surface area contributed by atoms with E-state index in [4.69, 9.17) is 4.74 Å². The number of benzene rings is 3. The molecule has 1 amide bonds. The molecule has 0 bridgehead atoms. The Kier molecular flexibility index (Phi) is 7.41. The fraction of sp³-hybridized carbons (Fsp3) is 0.207. The molecule has 6 heteroatoms. The van der Waals surface area contributed by atoms with Crippen LogP contribution in [-0.2, 0) is 22.4 Å². The highest BCUT2D eigenvalue weighted by Crippen LogP contribution is 2.20. The number of nitrogens with one attached hydrogen (secondary N) is 2. The monoisotopic (exact) mass is 468 g/mol. The normalized spacial score (nSPS) is 11.7. The van der Waals surface area contributed by atoms with Crippen LogP contribution in [0.5, 0.6) is 0 Å². The molecule has 0 radical (unpaired) electrons. The molecule has 1 heterocycles. The molecule has 0 fully saturated rings. The highest BCUT2D eigenvalue weighted by atomic mass is 16.5. The number of hydrogen-bond donors (Lipinski definition) is 2. The number of ketones is 1. The second-order valence-electron chi connectivity index (χ2n) is 8.54. The minimum atomic E-state index is -0.960. The Labute approximate surface area is 204 Å². The number of para-hydroxylation sites is 1. The Morgan fingerprint density at radius 3 is 2.31 bits per heavy atom. The van der Waals surface area contributed by atoms with E-state index in [-0.39, 0.29) is 18.1 Å². The van der Waals surface area contributed by atoms with E-state index in [1.807, 2.05) is 68.6 Å². The molecule has 0 saturated carbocycles. The lowest BCUT2D eigenvalue weighted by molar-refractivity contribution is -0.144. The van der Waals surface area contributed by atoms with E-state index >= 15 is 0 Å². The van der Waals surface area contributed by atoms with Crippen molar-refractivity contribution in [3.05, 3.63) is 107 Å². The molecule has 1 atom stereocenters. The van der Waals surface area contributed by atoms with Crippen molar-refractivity contribution >= 4 is 28.6 Å². The number of hydrogen-bond acceptors (Lipinski definition) is 4. The second-order valence-corrected chi connectivity index (χ2v) is 8.54. The topological polar surface area (TPSA) is 88.3 Å². The summed E-state index contributed by atoms with van der Waals surface area (Å²) in [5.41, 5.74) is 4.88. The first-order valence-electron chi connectivity index (χ1n) is 11.7. The molecule has 0 aliphatic rings. The van der Waals surface area contributed by atoms with Gasteiger partial charge in [0.15, 0.2) is 12.4 Å². The lowest BCUT2D eigenvalue weighted by atomic mass is 10.0. The van der Waals surface area contributed by atoms with Crippen molar-refractivity contribution in [3.8, 4) is 0 Å². The van der Waals surface area contributed by atoms with E-state index in [9.17, 15) is 14.4 Å². The molecule has 0 saturated heterocycles. The summed E-state index contributed by atoms with van der Waals surface area (Å²) < 4.78 is 5.37. The van der Waals surface area contributed by atoms with Gasteiger partial charge in [-0.25, -0.2) is 4.79 Å². The van der Waals surface area contributed by atoms with Gasteiger partial charge in [-0.3, -0.25) is 9.59 Å². The molecule has 2 N–H and O–H groups in total. The fourth-order valence-electron chi connectivity index (χ4n) is 3.91. The number of rotatable bonds is 9. The summed E-state index contributed by atoms with van der Waals surface area (Å²) in [4.78, 5) is 41.7. The van der Waals surface area contributed by atoms with Crippen LogP contribution in [-0.4, -0.2) is 35.3 Å². The van der Waals surface area contributed by atoms with E-state index in [0.717, 1.165) is 34.0 Å². The first kappa shape index (κ1) is 24.0. The predicted octanol–water partition coefficient (Wildman–Crippen LogP) is 4.81. The largest absolute Gasteiger partial charge is 0.456 e. The standard InChI is InChI=1S/C29H28N2O4/c1-3-20-10-14-22(15-11-20)28(33)31-26(16-23-17-30-25-7-5-4-6-24(23)25)29(34)35-18-27(32)21-12-8-19(2)9-13-21/h4-15,17,26,30H,3,16,18H2,1-2H3,(H,31,33)/t26-/m1/s1. The Morgan fingerprint density at radius 1 is 0.914 bits per heavy atom. The van der Waals surface area contributed by atoms with Crippen molar-refractivity contribution in [2.75, 3.05) is 6.61 Å². The summed E-state index contributed by atoms with van der Waals surface area (Å²) in [6.45, 7) is 3.58. The van der Waals surface area contributed by atoms with Gasteiger partial charge in [0, 0.05) is 34.6 Å². The number of Topliss-reactive ketones (excluding diaryl/α,β-unsaturated/α-hetero) is 1. The Bertz CT molecular complexity index is 1340. The predicted molar refractivity (Wildman–Crippen MR) is 136 cm³/mol. The number of esters is 1. The van der Waals surface area contributed by atoms with Crippen LogP contribution in [0.1, 0.15) is 44.3 Å². The lowest BCUT2D eigenvalue weighted by Crippen LogP contribution is -2.43. The van der Waals surface area contributed by atoms with Crippen molar-refractivity contribution in [2.24, 2.45) is 0 Å². The average molecular weight is 469 g/mol. The van der Waals surface area contributed by atoms with Crippen molar-refractivity contribution in [1.29, 1.82) is 0 Å². The van der Waals surface area contributed by atoms with E-state index in [1.165, 1.54) is 0 Å². The Morgan fingerprint density at radius 2 is 1.60 bits per heavy atom. The maximum atomic E-state index is 13.1. The van der Waals surface area contributed by atoms with Crippen molar-refractivity contribution < 1.29 is 19.1 Å². The van der Waals surface area contributed by atoms with Gasteiger partial charge in [-0.05, 0) is 42.7 Å². The summed E-state index contributed by atoms with van der Waals surface area (Å²) in [5, 5.41) is 3.77. The molecule has 4 rings (SSSR count). The fourth-order valence-corrected chi connectivity index (χ4v) is 3.91. The third kappa shape index (κ3) is 5.84. The number of ether oxygens (including phenoxy) is 1. The van der Waals surface area contributed by atoms with Gasteiger partial charge in [0.25, 0.3) is 5.91 Å². The average Bonchev–Trinajstić information content (AvgIpc) is 3.30. The summed E-state index contributed by atoms with van der Waals surface area (Å²) >= 11 is 0. The van der Waals surface area contributed by atoms with Gasteiger partial charge in [-0.2, -0.15) is 0 Å². The van der Waals surface area contributed by atoms with E-state index in [2.05, 4.69) is 10.3 Å². The maximum Gasteiger partial charge on any atom is 0.329 e. The van der Waals surface area contributed by atoms with Crippen LogP contribution in [0.3, 0.4) is 0 Å². The van der Waals surface area contributed by atoms with Gasteiger partial charge in [0.05, 0.1) is 0 Å². The zero-order chi connectivity index (χ0) is 24.8. The zero-order valence-electron chi connectivity index (χ0n) is 19.8. The third-order valence-corrected chi connectivity index (χ3v) is 6.03. The van der Waals surface area contributed by atoms with Gasteiger partial charge in [0.2, 0.25) is 0 Å². The van der Waals surface area contributed by atoms with Crippen LogP contribution in [0.2, 0.25) is 0 Å². The Hall–Kier alpha value is -4.19. The smallest absolute Gasteiger partial charge is 0.329 e. The van der Waals surface area contributed by atoms with Crippen molar-refractivity contribution in [2.45, 2.75) is 32.7 Å². The minimum absolute atomic E-state index is 0.223. The van der Waals surface area contributed by atoms with Gasteiger partial charge < -0.3 is 15.0 Å². The van der Waals surface area contributed by atoms with Gasteiger partial charge in [-0.15, -0.1) is 0 Å². The number of aromatic amines is 1. The lowest BCUT2D eigenvalue weighted by Gasteiger charge is -2.18.